The number of carboxylic acid groups (broad SMARTS) is 1. The number of nitrogens with one attached hydrogen (secondary N) is 1. The lowest BCUT2D eigenvalue weighted by molar-refractivity contribution is -0.142. The molecule has 0 aromatic heterocycles. The van der Waals surface area contributed by atoms with E-state index in [1.165, 1.54) is 7.05 Å². The second-order valence-electron chi connectivity index (χ2n) is 5.28. The number of anilines is 1. The second-order valence-corrected chi connectivity index (χ2v) is 7.13. The molecule has 7 heteroatoms. The Balaban J connectivity index is 2.34. The van der Waals surface area contributed by atoms with E-state index in [1.54, 1.807) is 24.3 Å². The van der Waals surface area contributed by atoms with Crippen molar-refractivity contribution in [1.29, 1.82) is 0 Å². The number of sulfonamides is 1. The zero-order chi connectivity index (χ0) is 15.6. The Labute approximate surface area is 124 Å². The highest BCUT2D eigenvalue weighted by molar-refractivity contribution is 7.89. The number of hydrogen-bond acceptors (Lipinski definition) is 4. The van der Waals surface area contributed by atoms with Gasteiger partial charge in [0.15, 0.2) is 0 Å². The highest BCUT2D eigenvalue weighted by Crippen LogP contribution is 2.32. The van der Waals surface area contributed by atoms with Crippen molar-refractivity contribution in [1.82, 2.24) is 4.72 Å². The molecule has 21 heavy (non-hydrogen) atoms. The van der Waals surface area contributed by atoms with Crippen LogP contribution >= 0.6 is 0 Å². The van der Waals surface area contributed by atoms with E-state index in [2.05, 4.69) is 4.72 Å². The van der Waals surface area contributed by atoms with Gasteiger partial charge in [-0.2, -0.15) is 0 Å². The van der Waals surface area contributed by atoms with Crippen LogP contribution in [0.25, 0.3) is 0 Å². The van der Waals surface area contributed by atoms with Crippen LogP contribution in [0.3, 0.4) is 0 Å². The first-order valence-electron chi connectivity index (χ1n) is 6.89. The zero-order valence-corrected chi connectivity index (χ0v) is 12.9. The Morgan fingerprint density at radius 3 is 2.62 bits per heavy atom. The van der Waals surface area contributed by atoms with Gasteiger partial charge in [-0.15, -0.1) is 0 Å². The van der Waals surface area contributed by atoms with Crippen LogP contribution in [0, 0.1) is 5.92 Å². The molecule has 116 valence electrons. The van der Waals surface area contributed by atoms with Gasteiger partial charge in [-0.25, -0.2) is 13.1 Å². The highest BCUT2D eigenvalue weighted by atomic mass is 32.2. The van der Waals surface area contributed by atoms with E-state index in [4.69, 9.17) is 5.11 Å². The first kappa shape index (κ1) is 15.8. The summed E-state index contributed by atoms with van der Waals surface area (Å²) >= 11 is 0. The average Bonchev–Trinajstić information content (AvgIpc) is 2.47. The maximum atomic E-state index is 12.1. The van der Waals surface area contributed by atoms with Crippen molar-refractivity contribution < 1.29 is 18.3 Å². The van der Waals surface area contributed by atoms with Crippen molar-refractivity contribution >= 4 is 21.7 Å². The van der Waals surface area contributed by atoms with Gasteiger partial charge in [-0.3, -0.25) is 4.79 Å². The number of rotatable bonds is 4. The summed E-state index contributed by atoms with van der Waals surface area (Å²) < 4.78 is 26.6. The molecule has 2 N–H and O–H groups in total. The molecule has 1 aromatic carbocycles. The number of piperidine rings is 1. The van der Waals surface area contributed by atoms with Gasteiger partial charge in [0.05, 0.1) is 11.6 Å². The summed E-state index contributed by atoms with van der Waals surface area (Å²) in [4.78, 5) is 13.3. The third-order valence-electron chi connectivity index (χ3n) is 3.96. The van der Waals surface area contributed by atoms with E-state index in [0.29, 0.717) is 25.1 Å². The van der Waals surface area contributed by atoms with Crippen molar-refractivity contribution in [3.8, 4) is 0 Å². The Morgan fingerprint density at radius 2 is 2.05 bits per heavy atom. The molecular weight excluding hydrogens is 292 g/mol. The van der Waals surface area contributed by atoms with Crippen molar-refractivity contribution in [2.75, 3.05) is 18.5 Å². The molecule has 1 aliphatic heterocycles. The van der Waals surface area contributed by atoms with Crippen LogP contribution in [0.1, 0.15) is 19.8 Å². The lowest BCUT2D eigenvalue weighted by Gasteiger charge is -2.38. The van der Waals surface area contributed by atoms with Crippen molar-refractivity contribution in [2.45, 2.75) is 30.7 Å². The SMILES string of the molecule is CNS(=O)(=O)c1ccccc1N1CCC(C(=O)O)CC1C. The van der Waals surface area contributed by atoms with Gasteiger partial charge in [0, 0.05) is 12.6 Å². The fourth-order valence-electron chi connectivity index (χ4n) is 2.79. The van der Waals surface area contributed by atoms with Crippen molar-refractivity contribution in [3.05, 3.63) is 24.3 Å². The van der Waals surface area contributed by atoms with Crippen molar-refractivity contribution in [2.24, 2.45) is 5.92 Å². The van der Waals surface area contributed by atoms with Crippen LogP contribution < -0.4 is 9.62 Å². The van der Waals surface area contributed by atoms with E-state index in [1.807, 2.05) is 11.8 Å². The molecule has 0 bridgehead atoms. The van der Waals surface area contributed by atoms with E-state index >= 15 is 0 Å². The van der Waals surface area contributed by atoms with Crippen LogP contribution in [0.5, 0.6) is 0 Å². The maximum absolute atomic E-state index is 12.1. The Kier molecular flexibility index (Phi) is 4.53. The first-order valence-corrected chi connectivity index (χ1v) is 8.37. The molecule has 1 aliphatic rings. The summed E-state index contributed by atoms with van der Waals surface area (Å²) in [5.41, 5.74) is 0.628. The molecule has 2 unspecified atom stereocenters. The predicted molar refractivity (Wildman–Crippen MR) is 79.9 cm³/mol. The van der Waals surface area contributed by atoms with Gasteiger partial charge < -0.3 is 10.0 Å². The predicted octanol–water partition coefficient (Wildman–Crippen LogP) is 1.28. The quantitative estimate of drug-likeness (QED) is 0.874. The summed E-state index contributed by atoms with van der Waals surface area (Å²) in [5, 5.41) is 9.11. The third-order valence-corrected chi connectivity index (χ3v) is 5.42. The fourth-order valence-corrected chi connectivity index (χ4v) is 3.72. The fraction of sp³-hybridized carbons (Fsp3) is 0.500. The number of carbonyl (C=O) groups is 1. The Morgan fingerprint density at radius 1 is 1.38 bits per heavy atom. The largest absolute Gasteiger partial charge is 0.481 e. The maximum Gasteiger partial charge on any atom is 0.306 e. The monoisotopic (exact) mass is 312 g/mol. The molecule has 6 nitrogen and oxygen atoms in total. The molecular formula is C14H20N2O4S. The summed E-state index contributed by atoms with van der Waals surface area (Å²) in [7, 11) is -2.16. The van der Waals surface area contributed by atoms with Gasteiger partial charge >= 0.3 is 5.97 Å². The number of aliphatic carboxylic acids is 1. The van der Waals surface area contributed by atoms with E-state index in [0.717, 1.165) is 0 Å². The van der Waals surface area contributed by atoms with Gasteiger partial charge in [0.2, 0.25) is 10.0 Å². The standard InChI is InChI=1S/C14H20N2O4S/c1-10-9-11(14(17)18)7-8-16(10)12-5-3-4-6-13(12)21(19,20)15-2/h3-6,10-11,15H,7-9H2,1-2H3,(H,17,18). The number of hydrogen-bond donors (Lipinski definition) is 2. The minimum absolute atomic E-state index is 0.0203. The van der Waals surface area contributed by atoms with Gasteiger partial charge in [0.25, 0.3) is 0 Å². The third kappa shape index (κ3) is 3.19. The Hall–Kier alpha value is -1.60. The molecule has 0 amide bonds. The molecule has 0 aliphatic carbocycles. The molecule has 0 saturated carbocycles. The number of nitrogens with zero attached hydrogens (tertiary/aromatic N) is 1. The molecule has 1 aromatic rings. The van der Waals surface area contributed by atoms with Crippen LogP contribution in [0.2, 0.25) is 0 Å². The lowest BCUT2D eigenvalue weighted by atomic mass is 9.91. The molecule has 0 spiro atoms. The molecule has 1 heterocycles. The lowest BCUT2D eigenvalue weighted by Crippen LogP contribution is -2.43. The molecule has 1 saturated heterocycles. The van der Waals surface area contributed by atoms with E-state index in [9.17, 15) is 13.2 Å². The smallest absolute Gasteiger partial charge is 0.306 e. The normalized spacial score (nSPS) is 23.0. The van der Waals surface area contributed by atoms with Crippen LogP contribution in [0.4, 0.5) is 5.69 Å². The summed E-state index contributed by atoms with van der Waals surface area (Å²) in [6.45, 7) is 2.46. The summed E-state index contributed by atoms with van der Waals surface area (Å²) in [6, 6.07) is 6.79. The topological polar surface area (TPSA) is 86.7 Å². The van der Waals surface area contributed by atoms with Crippen LogP contribution in [-0.2, 0) is 14.8 Å². The minimum Gasteiger partial charge on any atom is -0.481 e. The molecule has 1 fully saturated rings. The van der Waals surface area contributed by atoms with Crippen LogP contribution in [0.15, 0.2) is 29.2 Å². The van der Waals surface area contributed by atoms with Gasteiger partial charge in [0.1, 0.15) is 4.90 Å². The second kappa shape index (κ2) is 6.03. The van der Waals surface area contributed by atoms with Crippen molar-refractivity contribution in [3.63, 3.8) is 0 Å². The minimum atomic E-state index is -3.54. The Bertz CT molecular complexity index is 630. The molecule has 2 atom stereocenters. The van der Waals surface area contributed by atoms with Crippen LogP contribution in [-0.4, -0.2) is 39.1 Å². The first-order chi connectivity index (χ1) is 9.86. The average molecular weight is 312 g/mol. The number of benzene rings is 1. The summed E-state index contributed by atoms with van der Waals surface area (Å²) in [6.07, 6.45) is 1.04. The molecule has 2 rings (SSSR count). The highest BCUT2D eigenvalue weighted by Gasteiger charge is 2.32. The number of para-hydroxylation sites is 1. The molecule has 0 radical (unpaired) electrons. The summed E-state index contributed by atoms with van der Waals surface area (Å²) in [5.74, 6) is -1.14. The van der Waals surface area contributed by atoms with Gasteiger partial charge in [-0.05, 0) is 38.9 Å². The van der Waals surface area contributed by atoms with E-state index in [-0.39, 0.29) is 16.9 Å². The van der Waals surface area contributed by atoms with E-state index < -0.39 is 16.0 Å². The zero-order valence-electron chi connectivity index (χ0n) is 12.1. The van der Waals surface area contributed by atoms with Gasteiger partial charge in [-0.1, -0.05) is 12.1 Å². The number of carboxylic acids is 1.